The number of para-hydroxylation sites is 2. The van der Waals surface area contributed by atoms with Gasteiger partial charge in [0.25, 0.3) is 0 Å². The minimum Gasteiger partial charge on any atom is -0.384 e. The number of rotatable bonds is 5. The quantitative estimate of drug-likeness (QED) is 0.739. The molecule has 2 aliphatic rings. The Labute approximate surface area is 161 Å². The Morgan fingerprint density at radius 3 is 2.78 bits per heavy atom. The minimum atomic E-state index is -0.122. The Hall–Kier alpha value is -2.49. The molecule has 27 heavy (non-hydrogen) atoms. The van der Waals surface area contributed by atoms with Crippen molar-refractivity contribution in [1.82, 2.24) is 5.32 Å². The van der Waals surface area contributed by atoms with Crippen LogP contribution < -0.4 is 15.5 Å². The fourth-order valence-corrected chi connectivity index (χ4v) is 4.45. The van der Waals surface area contributed by atoms with Gasteiger partial charge in [0.2, 0.25) is 0 Å². The first-order valence-corrected chi connectivity index (χ1v) is 10.1. The molecule has 0 bridgehead atoms. The summed E-state index contributed by atoms with van der Waals surface area (Å²) in [6.07, 6.45) is 8.57. The van der Waals surface area contributed by atoms with Crippen LogP contribution in [0.15, 0.2) is 60.8 Å². The topological polar surface area (TPSA) is 27.3 Å². The van der Waals surface area contributed by atoms with Crippen molar-refractivity contribution < 1.29 is 4.39 Å². The van der Waals surface area contributed by atoms with E-state index in [0.29, 0.717) is 5.92 Å². The lowest BCUT2D eigenvalue weighted by atomic mass is 9.86. The van der Waals surface area contributed by atoms with Gasteiger partial charge in [-0.05, 0) is 56.0 Å². The number of nitrogens with zero attached hydrogens (tertiary/aromatic N) is 1. The molecule has 0 fully saturated rings. The Bertz CT molecular complexity index is 804. The molecule has 0 spiro atoms. The van der Waals surface area contributed by atoms with E-state index >= 15 is 0 Å². The number of anilines is 2. The number of halogens is 1. The molecule has 3 atom stereocenters. The third-order valence-electron chi connectivity index (χ3n) is 5.71. The number of allylic oxidation sites excluding steroid dienone is 1. The molecular formula is C23H28FN3. The van der Waals surface area contributed by atoms with Crippen molar-refractivity contribution in [3.8, 4) is 0 Å². The van der Waals surface area contributed by atoms with E-state index in [4.69, 9.17) is 0 Å². The summed E-state index contributed by atoms with van der Waals surface area (Å²) in [5, 5.41) is 7.17. The first kappa shape index (κ1) is 17.9. The van der Waals surface area contributed by atoms with Crippen LogP contribution in [-0.2, 0) is 0 Å². The molecule has 0 saturated carbocycles. The van der Waals surface area contributed by atoms with Crippen molar-refractivity contribution in [1.29, 1.82) is 0 Å². The van der Waals surface area contributed by atoms with Gasteiger partial charge in [0.1, 0.15) is 5.82 Å². The molecule has 0 aliphatic carbocycles. The number of fused-ring (bicyclic) bond motifs is 1. The van der Waals surface area contributed by atoms with E-state index < -0.39 is 0 Å². The van der Waals surface area contributed by atoms with Gasteiger partial charge in [-0.1, -0.05) is 43.3 Å². The molecular weight excluding hydrogens is 337 g/mol. The molecule has 0 radical (unpaired) electrons. The van der Waals surface area contributed by atoms with Gasteiger partial charge < -0.3 is 15.5 Å². The molecule has 2 aromatic carbocycles. The van der Waals surface area contributed by atoms with Crippen LogP contribution in [0.1, 0.15) is 44.2 Å². The van der Waals surface area contributed by atoms with Gasteiger partial charge in [0.15, 0.2) is 0 Å². The van der Waals surface area contributed by atoms with Crippen LogP contribution in [0.3, 0.4) is 0 Å². The molecule has 0 amide bonds. The number of hydrogen-bond acceptors (Lipinski definition) is 3. The van der Waals surface area contributed by atoms with Crippen LogP contribution >= 0.6 is 0 Å². The van der Waals surface area contributed by atoms with Gasteiger partial charge in [-0.25, -0.2) is 4.39 Å². The van der Waals surface area contributed by atoms with E-state index in [-0.39, 0.29) is 18.0 Å². The number of nitrogens with one attached hydrogen (secondary N) is 2. The first-order valence-electron chi connectivity index (χ1n) is 10.1. The van der Waals surface area contributed by atoms with Gasteiger partial charge >= 0.3 is 0 Å². The summed E-state index contributed by atoms with van der Waals surface area (Å²) in [5.74, 6) is 0.228. The second kappa shape index (κ2) is 8.03. The summed E-state index contributed by atoms with van der Waals surface area (Å²) >= 11 is 0. The summed E-state index contributed by atoms with van der Waals surface area (Å²) in [6, 6.07) is 15.7. The molecule has 4 heteroatoms. The zero-order valence-corrected chi connectivity index (χ0v) is 15.9. The molecule has 142 valence electrons. The molecule has 3 unspecified atom stereocenters. The van der Waals surface area contributed by atoms with Crippen LogP contribution in [0.2, 0.25) is 0 Å². The maximum absolute atomic E-state index is 14.5. The predicted molar refractivity (Wildman–Crippen MR) is 110 cm³/mol. The molecule has 2 heterocycles. The maximum Gasteiger partial charge on any atom is 0.128 e. The fraction of sp³-hybridized carbons (Fsp3) is 0.391. The van der Waals surface area contributed by atoms with Crippen LogP contribution in [0.4, 0.5) is 15.8 Å². The van der Waals surface area contributed by atoms with Crippen molar-refractivity contribution in [2.75, 3.05) is 16.8 Å². The van der Waals surface area contributed by atoms with Gasteiger partial charge in [-0.15, -0.1) is 0 Å². The Morgan fingerprint density at radius 2 is 1.93 bits per heavy atom. The van der Waals surface area contributed by atoms with Crippen molar-refractivity contribution in [3.63, 3.8) is 0 Å². The van der Waals surface area contributed by atoms with Crippen molar-refractivity contribution >= 4 is 11.4 Å². The van der Waals surface area contributed by atoms with Crippen molar-refractivity contribution in [3.05, 3.63) is 72.2 Å². The summed E-state index contributed by atoms with van der Waals surface area (Å²) in [4.78, 5) is 2.48. The lowest BCUT2D eigenvalue weighted by molar-refractivity contribution is 0.327. The normalized spacial score (nSPS) is 24.1. The SMILES string of the molecule is CCCN1c2ccccc2NC1CC1CCC=CNC1c1ccccc1F. The zero-order chi connectivity index (χ0) is 18.6. The molecule has 2 N–H and O–H groups in total. The Morgan fingerprint density at radius 1 is 1.11 bits per heavy atom. The standard InChI is InChI=1S/C23H28FN3/c1-2-15-27-21-13-6-5-12-20(21)26-22(27)16-17-9-7-8-14-25-23(17)18-10-3-4-11-19(18)24/h3-6,8,10-14,17,22-23,25-26H,2,7,9,15-16H2,1H3. The molecule has 0 saturated heterocycles. The zero-order valence-electron chi connectivity index (χ0n) is 15.9. The van der Waals surface area contributed by atoms with Gasteiger partial charge in [-0.2, -0.15) is 0 Å². The van der Waals surface area contributed by atoms with Crippen LogP contribution in [0.5, 0.6) is 0 Å². The highest BCUT2D eigenvalue weighted by Crippen LogP contribution is 2.40. The van der Waals surface area contributed by atoms with E-state index in [9.17, 15) is 4.39 Å². The van der Waals surface area contributed by atoms with Crippen LogP contribution in [-0.4, -0.2) is 12.7 Å². The van der Waals surface area contributed by atoms with E-state index in [2.05, 4.69) is 52.8 Å². The number of benzene rings is 2. The largest absolute Gasteiger partial charge is 0.384 e. The molecule has 3 nitrogen and oxygen atoms in total. The van der Waals surface area contributed by atoms with Gasteiger partial charge in [0.05, 0.1) is 23.6 Å². The average molecular weight is 365 g/mol. The smallest absolute Gasteiger partial charge is 0.128 e. The van der Waals surface area contributed by atoms with E-state index in [1.165, 1.54) is 11.4 Å². The lowest BCUT2D eigenvalue weighted by Crippen LogP contribution is -2.39. The lowest BCUT2D eigenvalue weighted by Gasteiger charge is -2.33. The van der Waals surface area contributed by atoms with Crippen molar-refractivity contribution in [2.45, 2.75) is 44.8 Å². The van der Waals surface area contributed by atoms with Gasteiger partial charge in [0, 0.05) is 12.1 Å². The Kier molecular flexibility index (Phi) is 5.33. The second-order valence-corrected chi connectivity index (χ2v) is 7.51. The van der Waals surface area contributed by atoms with Crippen molar-refractivity contribution in [2.24, 2.45) is 5.92 Å². The predicted octanol–water partition coefficient (Wildman–Crippen LogP) is 5.44. The first-order chi connectivity index (χ1) is 13.3. The highest BCUT2D eigenvalue weighted by molar-refractivity contribution is 5.75. The third kappa shape index (κ3) is 3.66. The fourth-order valence-electron chi connectivity index (χ4n) is 4.45. The average Bonchev–Trinajstić information content (AvgIpc) is 2.85. The minimum absolute atomic E-state index is 0.000983. The molecule has 2 aliphatic heterocycles. The summed E-state index contributed by atoms with van der Waals surface area (Å²) in [6.45, 7) is 3.24. The third-order valence-corrected chi connectivity index (χ3v) is 5.71. The molecule has 2 aromatic rings. The summed E-state index contributed by atoms with van der Waals surface area (Å²) < 4.78 is 14.5. The van der Waals surface area contributed by atoms with Crippen LogP contribution in [0.25, 0.3) is 0 Å². The maximum atomic E-state index is 14.5. The van der Waals surface area contributed by atoms with Gasteiger partial charge in [-0.3, -0.25) is 0 Å². The molecule has 0 aromatic heterocycles. The second-order valence-electron chi connectivity index (χ2n) is 7.51. The highest BCUT2D eigenvalue weighted by Gasteiger charge is 2.33. The Balaban J connectivity index is 1.59. The summed E-state index contributed by atoms with van der Waals surface area (Å²) in [7, 11) is 0. The van der Waals surface area contributed by atoms with E-state index in [1.807, 2.05) is 18.3 Å². The highest BCUT2D eigenvalue weighted by atomic mass is 19.1. The van der Waals surface area contributed by atoms with E-state index in [1.54, 1.807) is 12.1 Å². The molecule has 4 rings (SSSR count). The summed E-state index contributed by atoms with van der Waals surface area (Å²) in [5.41, 5.74) is 3.26. The van der Waals surface area contributed by atoms with E-state index in [0.717, 1.165) is 37.8 Å². The van der Waals surface area contributed by atoms with Crippen LogP contribution in [0, 0.1) is 11.7 Å². The monoisotopic (exact) mass is 365 g/mol. The number of hydrogen-bond donors (Lipinski definition) is 2.